The lowest BCUT2D eigenvalue weighted by Crippen LogP contribution is -2.34. The molecule has 4 nitrogen and oxygen atoms in total. The number of hydrogen-bond acceptors (Lipinski definition) is 3. The summed E-state index contributed by atoms with van der Waals surface area (Å²) in [6.45, 7) is 2.53. The summed E-state index contributed by atoms with van der Waals surface area (Å²) in [7, 11) is 0. The molecule has 2 heterocycles. The average molecular weight is 241 g/mol. The zero-order valence-corrected chi connectivity index (χ0v) is 10.1. The maximum Gasteiger partial charge on any atom is 0.166 e. The van der Waals surface area contributed by atoms with Gasteiger partial charge in [-0.3, -0.25) is 9.48 Å². The van der Waals surface area contributed by atoms with Crippen LogP contribution in [0.2, 0.25) is 0 Å². The summed E-state index contributed by atoms with van der Waals surface area (Å²) in [5, 5.41) is 4.19. The molecule has 92 valence electrons. The third-order valence-corrected chi connectivity index (χ3v) is 3.31. The number of carbonyl (C=O) groups excluding carboxylic acids is 1. The second-order valence-electron chi connectivity index (χ2n) is 4.45. The van der Waals surface area contributed by atoms with Gasteiger partial charge >= 0.3 is 0 Å². The van der Waals surface area contributed by atoms with Gasteiger partial charge in [0.2, 0.25) is 0 Å². The third kappa shape index (κ3) is 2.01. The molecule has 0 saturated carbocycles. The van der Waals surface area contributed by atoms with E-state index in [-0.39, 0.29) is 5.78 Å². The van der Waals surface area contributed by atoms with Gasteiger partial charge in [0.05, 0.1) is 6.54 Å². The minimum absolute atomic E-state index is 0.251. The lowest BCUT2D eigenvalue weighted by Gasteiger charge is -2.30. The van der Waals surface area contributed by atoms with Crippen LogP contribution in [0.3, 0.4) is 0 Å². The van der Waals surface area contributed by atoms with E-state index in [1.165, 1.54) is 0 Å². The number of nitrogens with zero attached hydrogens (tertiary/aromatic N) is 3. The summed E-state index contributed by atoms with van der Waals surface area (Å²) in [5.41, 5.74) is 1.91. The molecule has 18 heavy (non-hydrogen) atoms. The van der Waals surface area contributed by atoms with Crippen molar-refractivity contribution in [1.82, 2.24) is 9.78 Å². The monoisotopic (exact) mass is 241 g/mol. The van der Waals surface area contributed by atoms with Crippen LogP contribution in [0.15, 0.2) is 42.7 Å². The van der Waals surface area contributed by atoms with Crippen molar-refractivity contribution in [2.45, 2.75) is 13.0 Å². The van der Waals surface area contributed by atoms with Crippen LogP contribution in [0.1, 0.15) is 16.8 Å². The summed E-state index contributed by atoms with van der Waals surface area (Å²) < 4.78 is 1.92. The molecular weight excluding hydrogens is 226 g/mol. The maximum absolute atomic E-state index is 11.8. The fraction of sp³-hybridized carbons (Fsp3) is 0.286. The highest BCUT2D eigenvalue weighted by atomic mass is 16.1. The molecule has 0 bridgehead atoms. The van der Waals surface area contributed by atoms with E-state index < -0.39 is 0 Å². The first kappa shape index (κ1) is 11.0. The van der Waals surface area contributed by atoms with Crippen LogP contribution >= 0.6 is 0 Å². The Morgan fingerprint density at radius 2 is 2.06 bits per heavy atom. The Labute approximate surface area is 106 Å². The molecule has 1 aromatic heterocycles. The zero-order chi connectivity index (χ0) is 12.4. The topological polar surface area (TPSA) is 38.1 Å². The first-order valence-electron chi connectivity index (χ1n) is 6.19. The Hall–Kier alpha value is -2.10. The minimum Gasteiger partial charge on any atom is -0.369 e. The van der Waals surface area contributed by atoms with E-state index in [4.69, 9.17) is 0 Å². The minimum atomic E-state index is 0.251. The van der Waals surface area contributed by atoms with Crippen molar-refractivity contribution in [1.29, 1.82) is 0 Å². The largest absolute Gasteiger partial charge is 0.369 e. The summed E-state index contributed by atoms with van der Waals surface area (Å²) in [5.74, 6) is 0.251. The molecule has 1 aliphatic rings. The predicted octanol–water partition coefficient (Wildman–Crippen LogP) is 1.98. The predicted molar refractivity (Wildman–Crippen MR) is 69.8 cm³/mol. The van der Waals surface area contributed by atoms with Gasteiger partial charge in [-0.15, -0.1) is 0 Å². The maximum atomic E-state index is 11.8. The summed E-state index contributed by atoms with van der Waals surface area (Å²) in [6, 6.07) is 9.77. The van der Waals surface area contributed by atoms with E-state index in [1.54, 1.807) is 6.20 Å². The molecule has 3 rings (SSSR count). The molecule has 0 radical (unpaired) electrons. The highest BCUT2D eigenvalue weighted by Crippen LogP contribution is 2.26. The molecule has 0 N–H and O–H groups in total. The number of carbonyl (C=O) groups is 1. The molecular formula is C14H15N3O. The molecule has 0 unspecified atom stereocenters. The molecule has 0 aliphatic carbocycles. The lowest BCUT2D eigenvalue weighted by atomic mass is 10.0. The van der Waals surface area contributed by atoms with E-state index in [2.05, 4.69) is 10.00 Å². The number of rotatable bonds is 3. The van der Waals surface area contributed by atoms with Crippen LogP contribution in [-0.4, -0.2) is 28.7 Å². The van der Waals surface area contributed by atoms with Crippen LogP contribution in [0.4, 0.5) is 5.69 Å². The SMILES string of the molecule is O=C1CCN(CCn2cccn2)c2ccccc21. The van der Waals surface area contributed by atoms with Crippen LogP contribution < -0.4 is 4.90 Å². The van der Waals surface area contributed by atoms with Gasteiger partial charge in [-0.05, 0) is 18.2 Å². The standard InChI is InChI=1S/C14H15N3O/c18-14-6-9-16(10-11-17-8-3-7-15-17)13-5-2-1-4-12(13)14/h1-5,7-8H,6,9-11H2. The molecule has 4 heteroatoms. The van der Waals surface area contributed by atoms with Crippen molar-refractivity contribution in [3.05, 3.63) is 48.3 Å². The van der Waals surface area contributed by atoms with Crippen LogP contribution in [0.5, 0.6) is 0 Å². The smallest absolute Gasteiger partial charge is 0.166 e. The molecule has 0 fully saturated rings. The van der Waals surface area contributed by atoms with E-state index in [9.17, 15) is 4.79 Å². The van der Waals surface area contributed by atoms with Gasteiger partial charge in [0, 0.05) is 43.2 Å². The zero-order valence-electron chi connectivity index (χ0n) is 10.1. The lowest BCUT2D eigenvalue weighted by molar-refractivity contribution is 0.0980. The first-order chi connectivity index (χ1) is 8.84. The fourth-order valence-corrected chi connectivity index (χ4v) is 2.36. The van der Waals surface area contributed by atoms with E-state index >= 15 is 0 Å². The van der Waals surface area contributed by atoms with Crippen molar-refractivity contribution in [2.24, 2.45) is 0 Å². The molecule has 2 aromatic rings. The Morgan fingerprint density at radius 3 is 2.89 bits per heavy atom. The highest BCUT2D eigenvalue weighted by molar-refractivity contribution is 6.03. The Morgan fingerprint density at radius 1 is 1.17 bits per heavy atom. The fourth-order valence-electron chi connectivity index (χ4n) is 2.36. The summed E-state index contributed by atoms with van der Waals surface area (Å²) in [4.78, 5) is 14.1. The Balaban J connectivity index is 1.78. The molecule has 0 atom stereocenters. The van der Waals surface area contributed by atoms with E-state index in [1.807, 2.05) is 41.2 Å². The van der Waals surface area contributed by atoms with Gasteiger partial charge in [-0.2, -0.15) is 5.10 Å². The number of benzene rings is 1. The number of aromatic nitrogens is 2. The van der Waals surface area contributed by atoms with Crippen molar-refractivity contribution < 1.29 is 4.79 Å². The normalized spacial score (nSPS) is 14.7. The van der Waals surface area contributed by atoms with Crippen LogP contribution in [0, 0.1) is 0 Å². The average Bonchev–Trinajstić information content (AvgIpc) is 2.92. The van der Waals surface area contributed by atoms with Crippen molar-refractivity contribution in [2.75, 3.05) is 18.0 Å². The number of para-hydroxylation sites is 1. The number of fused-ring (bicyclic) bond motifs is 1. The Bertz CT molecular complexity index is 548. The van der Waals surface area contributed by atoms with Gasteiger partial charge in [-0.25, -0.2) is 0 Å². The van der Waals surface area contributed by atoms with E-state index in [0.29, 0.717) is 6.42 Å². The number of Topliss-reactive ketones (excluding diaryl/α,β-unsaturated/α-hetero) is 1. The number of anilines is 1. The van der Waals surface area contributed by atoms with E-state index in [0.717, 1.165) is 30.9 Å². The van der Waals surface area contributed by atoms with Crippen molar-refractivity contribution in [3.63, 3.8) is 0 Å². The highest BCUT2D eigenvalue weighted by Gasteiger charge is 2.21. The second kappa shape index (κ2) is 4.64. The first-order valence-corrected chi connectivity index (χ1v) is 6.19. The van der Waals surface area contributed by atoms with Gasteiger partial charge in [0.25, 0.3) is 0 Å². The summed E-state index contributed by atoms with van der Waals surface area (Å²) in [6.07, 6.45) is 4.35. The number of ketones is 1. The van der Waals surface area contributed by atoms with Crippen LogP contribution in [0.25, 0.3) is 0 Å². The quantitative estimate of drug-likeness (QED) is 0.824. The van der Waals surface area contributed by atoms with Gasteiger partial charge in [-0.1, -0.05) is 12.1 Å². The van der Waals surface area contributed by atoms with Crippen LogP contribution in [-0.2, 0) is 6.54 Å². The number of hydrogen-bond donors (Lipinski definition) is 0. The second-order valence-corrected chi connectivity index (χ2v) is 4.45. The van der Waals surface area contributed by atoms with Gasteiger partial charge < -0.3 is 4.90 Å². The Kier molecular flexibility index (Phi) is 2.84. The third-order valence-electron chi connectivity index (χ3n) is 3.31. The summed E-state index contributed by atoms with van der Waals surface area (Å²) >= 11 is 0. The van der Waals surface area contributed by atoms with Crippen molar-refractivity contribution >= 4 is 11.5 Å². The van der Waals surface area contributed by atoms with Crippen molar-refractivity contribution in [3.8, 4) is 0 Å². The molecule has 0 saturated heterocycles. The molecule has 0 amide bonds. The molecule has 1 aromatic carbocycles. The molecule has 0 spiro atoms. The van der Waals surface area contributed by atoms with Gasteiger partial charge in [0.1, 0.15) is 0 Å². The van der Waals surface area contributed by atoms with Gasteiger partial charge in [0.15, 0.2) is 5.78 Å². The molecule has 1 aliphatic heterocycles.